The van der Waals surface area contributed by atoms with Gasteiger partial charge in [0.05, 0.1) is 0 Å². The monoisotopic (exact) mass is 249 g/mol. The lowest BCUT2D eigenvalue weighted by molar-refractivity contribution is 0.352. The second kappa shape index (κ2) is 5.90. The van der Waals surface area contributed by atoms with Crippen LogP contribution in [-0.2, 0) is 5.41 Å². The van der Waals surface area contributed by atoms with E-state index in [-0.39, 0.29) is 0 Å². The van der Waals surface area contributed by atoms with E-state index >= 15 is 0 Å². The zero-order valence-corrected chi connectivity index (χ0v) is 11.9. The predicted octanol–water partition coefficient (Wildman–Crippen LogP) is 4.35. The first-order chi connectivity index (χ1) is 8.27. The van der Waals surface area contributed by atoms with Crippen LogP contribution in [0.15, 0.2) is 18.3 Å². The molecule has 0 aromatic carbocycles. The van der Waals surface area contributed by atoms with Gasteiger partial charge in [0.1, 0.15) is 0 Å². The second-order valence-electron chi connectivity index (χ2n) is 5.18. The summed E-state index contributed by atoms with van der Waals surface area (Å²) in [6.07, 6.45) is 8.70. The van der Waals surface area contributed by atoms with Gasteiger partial charge in [-0.3, -0.25) is 4.98 Å². The van der Waals surface area contributed by atoms with Crippen molar-refractivity contribution in [2.24, 2.45) is 0 Å². The molecule has 0 bridgehead atoms. The number of hydrogen-bond acceptors (Lipinski definition) is 2. The summed E-state index contributed by atoms with van der Waals surface area (Å²) in [7, 11) is 0. The molecule has 0 radical (unpaired) electrons. The van der Waals surface area contributed by atoms with E-state index in [2.05, 4.69) is 42.7 Å². The van der Waals surface area contributed by atoms with Crippen LogP contribution in [0.5, 0.6) is 0 Å². The minimum atomic E-state index is 0.453. The highest BCUT2D eigenvalue weighted by atomic mass is 32.2. The second-order valence-corrected chi connectivity index (χ2v) is 6.41. The number of rotatable bonds is 4. The van der Waals surface area contributed by atoms with Crippen LogP contribution in [0.4, 0.5) is 0 Å². The largest absolute Gasteiger partial charge is 0.262 e. The van der Waals surface area contributed by atoms with Crippen LogP contribution in [0, 0.1) is 6.92 Å². The van der Waals surface area contributed by atoms with E-state index in [4.69, 9.17) is 0 Å². The maximum Gasteiger partial charge on any atom is 0.0375 e. The van der Waals surface area contributed by atoms with E-state index in [9.17, 15) is 0 Å². The van der Waals surface area contributed by atoms with Crippen molar-refractivity contribution in [2.45, 2.75) is 51.4 Å². The molecule has 2 heteroatoms. The van der Waals surface area contributed by atoms with E-state index in [1.165, 1.54) is 43.6 Å². The standard InChI is InChI=1S/C15H23NS/c1-3-4-6-15(7-10-17-11-8-15)14-5-9-16-13(2)12-14/h5,9,12H,3-4,6-8,10-11H2,1-2H3. The Bertz CT molecular complexity index is 356. The van der Waals surface area contributed by atoms with Gasteiger partial charge in [0.25, 0.3) is 0 Å². The summed E-state index contributed by atoms with van der Waals surface area (Å²) in [6.45, 7) is 4.40. The van der Waals surface area contributed by atoms with Crippen LogP contribution in [-0.4, -0.2) is 16.5 Å². The Morgan fingerprint density at radius 2 is 2.12 bits per heavy atom. The van der Waals surface area contributed by atoms with E-state index < -0.39 is 0 Å². The zero-order chi connectivity index (χ0) is 12.1. The van der Waals surface area contributed by atoms with Crippen LogP contribution < -0.4 is 0 Å². The molecule has 1 aromatic heterocycles. The first-order valence-corrected chi connectivity index (χ1v) is 7.93. The highest BCUT2D eigenvalue weighted by molar-refractivity contribution is 7.99. The number of pyridine rings is 1. The van der Waals surface area contributed by atoms with Crippen molar-refractivity contribution in [1.29, 1.82) is 0 Å². The first kappa shape index (κ1) is 12.9. The van der Waals surface area contributed by atoms with Crippen LogP contribution in [0.3, 0.4) is 0 Å². The molecule has 0 aliphatic carbocycles. The number of aryl methyl sites for hydroxylation is 1. The van der Waals surface area contributed by atoms with Gasteiger partial charge in [-0.05, 0) is 60.8 Å². The molecule has 1 aliphatic heterocycles. The van der Waals surface area contributed by atoms with Gasteiger partial charge in [-0.2, -0.15) is 11.8 Å². The van der Waals surface area contributed by atoms with Crippen molar-refractivity contribution in [3.63, 3.8) is 0 Å². The molecule has 0 N–H and O–H groups in total. The third-order valence-electron chi connectivity index (χ3n) is 3.97. The molecule has 17 heavy (non-hydrogen) atoms. The minimum absolute atomic E-state index is 0.453. The van der Waals surface area contributed by atoms with E-state index in [1.807, 2.05) is 6.20 Å². The van der Waals surface area contributed by atoms with Gasteiger partial charge in [0, 0.05) is 11.9 Å². The van der Waals surface area contributed by atoms with Crippen LogP contribution in [0.25, 0.3) is 0 Å². The molecule has 94 valence electrons. The Kier molecular flexibility index (Phi) is 4.49. The van der Waals surface area contributed by atoms with Crippen molar-refractivity contribution in [3.8, 4) is 0 Å². The van der Waals surface area contributed by atoms with Crippen LogP contribution >= 0.6 is 11.8 Å². The lowest BCUT2D eigenvalue weighted by Crippen LogP contribution is -2.31. The molecule has 0 atom stereocenters. The van der Waals surface area contributed by atoms with E-state index in [0.717, 1.165) is 5.69 Å². The molecule has 0 unspecified atom stereocenters. The van der Waals surface area contributed by atoms with Crippen molar-refractivity contribution in [2.75, 3.05) is 11.5 Å². The summed E-state index contributed by atoms with van der Waals surface area (Å²) in [6, 6.07) is 4.56. The highest BCUT2D eigenvalue weighted by Crippen LogP contribution is 2.42. The molecule has 1 aromatic rings. The lowest BCUT2D eigenvalue weighted by atomic mass is 9.72. The molecule has 2 rings (SSSR count). The molecule has 0 saturated carbocycles. The number of aromatic nitrogens is 1. The molecule has 0 spiro atoms. The Hall–Kier alpha value is -0.500. The average molecular weight is 249 g/mol. The summed E-state index contributed by atoms with van der Waals surface area (Å²) >= 11 is 2.11. The topological polar surface area (TPSA) is 12.9 Å². The fourth-order valence-corrected chi connectivity index (χ4v) is 4.11. The average Bonchev–Trinajstić information content (AvgIpc) is 2.37. The van der Waals surface area contributed by atoms with Crippen molar-refractivity contribution in [1.82, 2.24) is 4.98 Å². The molecule has 1 nitrogen and oxygen atoms in total. The summed E-state index contributed by atoms with van der Waals surface area (Å²) in [5.74, 6) is 2.65. The predicted molar refractivity (Wildman–Crippen MR) is 76.7 cm³/mol. The maximum atomic E-state index is 4.34. The summed E-state index contributed by atoms with van der Waals surface area (Å²) < 4.78 is 0. The highest BCUT2D eigenvalue weighted by Gasteiger charge is 2.33. The van der Waals surface area contributed by atoms with Gasteiger partial charge in [-0.15, -0.1) is 0 Å². The van der Waals surface area contributed by atoms with Crippen LogP contribution in [0.1, 0.15) is 50.3 Å². The number of thioether (sulfide) groups is 1. The summed E-state index contributed by atoms with van der Waals surface area (Å²) in [5.41, 5.74) is 3.16. The quantitative estimate of drug-likeness (QED) is 0.787. The third-order valence-corrected chi connectivity index (χ3v) is 4.95. The van der Waals surface area contributed by atoms with Gasteiger partial charge in [0.15, 0.2) is 0 Å². The molecule has 1 aliphatic rings. The first-order valence-electron chi connectivity index (χ1n) is 6.78. The van der Waals surface area contributed by atoms with Gasteiger partial charge < -0.3 is 0 Å². The van der Waals surface area contributed by atoms with Crippen molar-refractivity contribution >= 4 is 11.8 Å². The normalized spacial score (nSPS) is 19.2. The third kappa shape index (κ3) is 3.04. The van der Waals surface area contributed by atoms with Crippen molar-refractivity contribution < 1.29 is 0 Å². The number of nitrogens with zero attached hydrogens (tertiary/aromatic N) is 1. The summed E-state index contributed by atoms with van der Waals surface area (Å²) in [5, 5.41) is 0. The zero-order valence-electron chi connectivity index (χ0n) is 11.0. The Morgan fingerprint density at radius 1 is 1.35 bits per heavy atom. The molecule has 1 fully saturated rings. The smallest absolute Gasteiger partial charge is 0.0375 e. The molecule has 1 saturated heterocycles. The molecule has 0 amide bonds. The van der Waals surface area contributed by atoms with E-state index in [1.54, 1.807) is 5.56 Å². The fraction of sp³-hybridized carbons (Fsp3) is 0.667. The summed E-state index contributed by atoms with van der Waals surface area (Å²) in [4.78, 5) is 4.34. The van der Waals surface area contributed by atoms with E-state index in [0.29, 0.717) is 5.41 Å². The Balaban J connectivity index is 2.25. The fourth-order valence-electron chi connectivity index (χ4n) is 2.84. The molecular formula is C15H23NS. The van der Waals surface area contributed by atoms with Crippen LogP contribution in [0.2, 0.25) is 0 Å². The van der Waals surface area contributed by atoms with Gasteiger partial charge in [-0.25, -0.2) is 0 Å². The minimum Gasteiger partial charge on any atom is -0.262 e. The van der Waals surface area contributed by atoms with Crippen molar-refractivity contribution in [3.05, 3.63) is 29.6 Å². The van der Waals surface area contributed by atoms with Gasteiger partial charge in [0.2, 0.25) is 0 Å². The lowest BCUT2D eigenvalue weighted by Gasteiger charge is -2.38. The Morgan fingerprint density at radius 3 is 2.76 bits per heavy atom. The Labute approximate surface area is 109 Å². The SMILES string of the molecule is CCCCC1(c2ccnc(C)c2)CCSCC1. The molecule has 2 heterocycles. The number of unbranched alkanes of at least 4 members (excludes halogenated alkanes) is 1. The van der Waals surface area contributed by atoms with Gasteiger partial charge >= 0.3 is 0 Å². The number of hydrogen-bond donors (Lipinski definition) is 0. The molecular weight excluding hydrogens is 226 g/mol. The van der Waals surface area contributed by atoms with Gasteiger partial charge in [-0.1, -0.05) is 19.8 Å². The maximum absolute atomic E-state index is 4.34.